The first-order valence-corrected chi connectivity index (χ1v) is 7.31. The zero-order valence-corrected chi connectivity index (χ0v) is 9.35. The zero-order valence-electron chi connectivity index (χ0n) is 8.54. The third-order valence-electron chi connectivity index (χ3n) is 3.50. The molecule has 1 unspecified atom stereocenters. The fraction of sp³-hybridized carbons (Fsp3) is 1.00. The minimum Gasteiger partial charge on any atom is -0.325 e. The number of hydrogen-bond acceptors (Lipinski definition) is 3. The number of hydrogen-bond donors (Lipinski definition) is 1. The smallest absolute Gasteiger partial charge is 0.150 e. The summed E-state index contributed by atoms with van der Waals surface area (Å²) in [5.74, 6) is 1.19. The van der Waals surface area contributed by atoms with Crippen LogP contribution in [-0.4, -0.2) is 25.5 Å². The van der Waals surface area contributed by atoms with E-state index in [9.17, 15) is 8.42 Å². The van der Waals surface area contributed by atoms with Crippen molar-refractivity contribution < 1.29 is 8.42 Å². The van der Waals surface area contributed by atoms with Gasteiger partial charge in [0.25, 0.3) is 0 Å². The van der Waals surface area contributed by atoms with Crippen LogP contribution in [0.4, 0.5) is 0 Å². The summed E-state index contributed by atoms with van der Waals surface area (Å²) in [5.41, 5.74) is 6.07. The van der Waals surface area contributed by atoms with Crippen molar-refractivity contribution in [1.29, 1.82) is 0 Å². The average Bonchev–Trinajstić information content (AvgIpc) is 2.80. The SMILES string of the molecule is NC1(CCC2CCCS(=O)(=O)C2)CC1. The van der Waals surface area contributed by atoms with Crippen LogP contribution in [0.2, 0.25) is 0 Å². The van der Waals surface area contributed by atoms with E-state index in [-0.39, 0.29) is 5.54 Å². The van der Waals surface area contributed by atoms with Crippen LogP contribution >= 0.6 is 0 Å². The summed E-state index contributed by atoms with van der Waals surface area (Å²) in [7, 11) is -2.72. The summed E-state index contributed by atoms with van der Waals surface area (Å²) >= 11 is 0. The summed E-state index contributed by atoms with van der Waals surface area (Å²) in [6.45, 7) is 0. The number of rotatable bonds is 3. The molecule has 3 nitrogen and oxygen atoms in total. The average molecular weight is 217 g/mol. The normalized spacial score (nSPS) is 33.9. The Hall–Kier alpha value is -0.0900. The van der Waals surface area contributed by atoms with Crippen molar-refractivity contribution in [2.75, 3.05) is 11.5 Å². The molecule has 1 aliphatic carbocycles. The second-order valence-electron chi connectivity index (χ2n) is 5.02. The maximum absolute atomic E-state index is 11.4. The van der Waals surface area contributed by atoms with E-state index in [1.54, 1.807) is 0 Å². The summed E-state index contributed by atoms with van der Waals surface area (Å²) in [5, 5.41) is 0. The molecule has 2 fully saturated rings. The Morgan fingerprint density at radius 3 is 2.64 bits per heavy atom. The lowest BCUT2D eigenvalue weighted by atomic mass is 9.96. The van der Waals surface area contributed by atoms with Crippen molar-refractivity contribution >= 4 is 9.84 Å². The van der Waals surface area contributed by atoms with E-state index < -0.39 is 9.84 Å². The van der Waals surface area contributed by atoms with Crippen molar-refractivity contribution in [2.24, 2.45) is 11.7 Å². The van der Waals surface area contributed by atoms with Crippen LogP contribution in [0.3, 0.4) is 0 Å². The Kier molecular flexibility index (Phi) is 2.60. The van der Waals surface area contributed by atoms with Gasteiger partial charge >= 0.3 is 0 Å². The Labute approximate surface area is 86.0 Å². The zero-order chi connectivity index (χ0) is 10.2. The first kappa shape index (κ1) is 10.4. The molecule has 14 heavy (non-hydrogen) atoms. The van der Waals surface area contributed by atoms with Gasteiger partial charge < -0.3 is 5.73 Å². The van der Waals surface area contributed by atoms with Gasteiger partial charge in [0.15, 0.2) is 9.84 Å². The summed E-state index contributed by atoms with van der Waals surface area (Å²) in [6, 6.07) is 0. The highest BCUT2D eigenvalue weighted by Gasteiger charge is 2.38. The molecule has 0 radical (unpaired) electrons. The van der Waals surface area contributed by atoms with Crippen molar-refractivity contribution in [3.8, 4) is 0 Å². The van der Waals surface area contributed by atoms with Gasteiger partial charge in [0.05, 0.1) is 11.5 Å². The van der Waals surface area contributed by atoms with Gasteiger partial charge in [0.1, 0.15) is 0 Å². The molecule has 0 aromatic rings. The first-order chi connectivity index (χ1) is 6.49. The van der Waals surface area contributed by atoms with E-state index in [4.69, 9.17) is 5.73 Å². The molecule has 1 atom stereocenters. The third kappa shape index (κ3) is 2.70. The molecule has 2 rings (SSSR count). The monoisotopic (exact) mass is 217 g/mol. The van der Waals surface area contributed by atoms with Gasteiger partial charge in [0.2, 0.25) is 0 Å². The van der Waals surface area contributed by atoms with Crippen molar-refractivity contribution in [3.05, 3.63) is 0 Å². The summed E-state index contributed by atoms with van der Waals surface area (Å²) in [4.78, 5) is 0. The van der Waals surface area contributed by atoms with Gasteiger partial charge in [-0.2, -0.15) is 0 Å². The molecule has 1 heterocycles. The molecule has 0 aromatic carbocycles. The fourth-order valence-electron chi connectivity index (χ4n) is 2.25. The van der Waals surface area contributed by atoms with Crippen LogP contribution in [0.5, 0.6) is 0 Å². The van der Waals surface area contributed by atoms with Gasteiger partial charge in [-0.1, -0.05) is 0 Å². The van der Waals surface area contributed by atoms with Gasteiger partial charge in [0, 0.05) is 5.54 Å². The molecule has 1 aliphatic heterocycles. The Morgan fingerprint density at radius 1 is 1.36 bits per heavy atom. The molecular weight excluding hydrogens is 198 g/mol. The van der Waals surface area contributed by atoms with E-state index in [2.05, 4.69) is 0 Å². The van der Waals surface area contributed by atoms with E-state index in [1.807, 2.05) is 0 Å². The molecular formula is C10H19NO2S. The first-order valence-electron chi connectivity index (χ1n) is 5.48. The highest BCUT2D eigenvalue weighted by Crippen LogP contribution is 2.38. The van der Waals surface area contributed by atoms with Crippen molar-refractivity contribution in [2.45, 2.75) is 44.1 Å². The summed E-state index contributed by atoms with van der Waals surface area (Å²) in [6.07, 6.45) is 6.22. The molecule has 0 amide bonds. The molecule has 0 spiro atoms. The van der Waals surface area contributed by atoms with Gasteiger partial charge in [-0.15, -0.1) is 0 Å². The molecule has 1 saturated carbocycles. The molecule has 1 saturated heterocycles. The Bertz CT molecular complexity index is 306. The molecule has 82 valence electrons. The predicted molar refractivity (Wildman–Crippen MR) is 56.8 cm³/mol. The number of nitrogens with two attached hydrogens (primary N) is 1. The topological polar surface area (TPSA) is 60.2 Å². The fourth-order valence-corrected chi connectivity index (χ4v) is 4.07. The van der Waals surface area contributed by atoms with E-state index in [0.29, 0.717) is 17.4 Å². The standard InChI is InChI=1S/C10H19NO2S/c11-10(5-6-10)4-3-9-2-1-7-14(12,13)8-9/h9H,1-8,11H2. The lowest BCUT2D eigenvalue weighted by molar-refractivity contribution is 0.418. The van der Waals surface area contributed by atoms with Gasteiger partial charge in [-0.05, 0) is 44.4 Å². The number of sulfone groups is 1. The van der Waals surface area contributed by atoms with E-state index >= 15 is 0 Å². The van der Waals surface area contributed by atoms with Crippen LogP contribution in [0.1, 0.15) is 38.5 Å². The molecule has 2 N–H and O–H groups in total. The third-order valence-corrected chi connectivity index (χ3v) is 5.39. The Morgan fingerprint density at radius 2 is 2.07 bits per heavy atom. The second-order valence-corrected chi connectivity index (χ2v) is 7.25. The maximum atomic E-state index is 11.4. The van der Waals surface area contributed by atoms with E-state index in [0.717, 1.165) is 38.5 Å². The molecule has 2 aliphatic rings. The summed E-state index contributed by atoms with van der Waals surface area (Å²) < 4.78 is 22.7. The van der Waals surface area contributed by atoms with Crippen LogP contribution < -0.4 is 5.73 Å². The minimum absolute atomic E-state index is 0.0845. The quantitative estimate of drug-likeness (QED) is 0.769. The van der Waals surface area contributed by atoms with Crippen LogP contribution in [0, 0.1) is 5.92 Å². The lowest BCUT2D eigenvalue weighted by Gasteiger charge is -2.22. The van der Waals surface area contributed by atoms with Crippen LogP contribution in [0.25, 0.3) is 0 Å². The van der Waals surface area contributed by atoms with Crippen molar-refractivity contribution in [3.63, 3.8) is 0 Å². The largest absolute Gasteiger partial charge is 0.325 e. The van der Waals surface area contributed by atoms with Crippen LogP contribution in [-0.2, 0) is 9.84 Å². The maximum Gasteiger partial charge on any atom is 0.150 e. The molecule has 0 aromatic heterocycles. The Balaban J connectivity index is 1.80. The minimum atomic E-state index is -2.72. The molecule has 0 bridgehead atoms. The molecule has 4 heteroatoms. The second kappa shape index (κ2) is 3.49. The highest BCUT2D eigenvalue weighted by molar-refractivity contribution is 7.91. The predicted octanol–water partition coefficient (Wildman–Crippen LogP) is 1.08. The van der Waals surface area contributed by atoms with Gasteiger partial charge in [-0.25, -0.2) is 8.42 Å². The highest BCUT2D eigenvalue weighted by atomic mass is 32.2. The van der Waals surface area contributed by atoms with Gasteiger partial charge in [-0.3, -0.25) is 0 Å². The van der Waals surface area contributed by atoms with Crippen molar-refractivity contribution in [1.82, 2.24) is 0 Å². The lowest BCUT2D eigenvalue weighted by Crippen LogP contribution is -2.28. The van der Waals surface area contributed by atoms with E-state index in [1.165, 1.54) is 0 Å². The van der Waals surface area contributed by atoms with Crippen LogP contribution in [0.15, 0.2) is 0 Å².